The second-order valence-electron chi connectivity index (χ2n) is 9.90. The van der Waals surface area contributed by atoms with Crippen LogP contribution in [0.3, 0.4) is 0 Å². The molecule has 0 bridgehead atoms. The number of pyridine rings is 1. The van der Waals surface area contributed by atoms with Crippen molar-refractivity contribution in [3.8, 4) is 0 Å². The molecule has 0 aliphatic carbocycles. The van der Waals surface area contributed by atoms with Gasteiger partial charge in [-0.1, -0.05) is 118 Å². The predicted octanol–water partition coefficient (Wildman–Crippen LogP) is 9.09. The Hall–Kier alpha value is -0.850. The second-order valence-corrected chi connectivity index (χ2v) is 9.90. The molecule has 168 valence electrons. The van der Waals surface area contributed by atoms with Crippen LogP contribution in [0.25, 0.3) is 0 Å². The summed E-state index contributed by atoms with van der Waals surface area (Å²) < 4.78 is 2.45. The minimum Gasteiger partial charge on any atom is -0.205 e. The van der Waals surface area contributed by atoms with Gasteiger partial charge in [0.1, 0.15) is 6.54 Å². The van der Waals surface area contributed by atoms with Gasteiger partial charge < -0.3 is 0 Å². The van der Waals surface area contributed by atoms with Crippen molar-refractivity contribution in [1.29, 1.82) is 0 Å². The van der Waals surface area contributed by atoms with E-state index in [1.807, 2.05) is 0 Å². The number of unbranched alkanes of at least 4 members (excludes halogenated alkanes) is 14. The van der Waals surface area contributed by atoms with Gasteiger partial charge in [-0.15, -0.1) is 0 Å². The van der Waals surface area contributed by atoms with Crippen molar-refractivity contribution >= 4 is 0 Å². The van der Waals surface area contributed by atoms with Gasteiger partial charge in [-0.05, 0) is 24.3 Å². The van der Waals surface area contributed by atoms with Gasteiger partial charge in [0.25, 0.3) is 0 Å². The molecule has 0 saturated heterocycles. The first kappa shape index (κ1) is 26.2. The van der Waals surface area contributed by atoms with Crippen LogP contribution in [0.15, 0.2) is 18.5 Å². The van der Waals surface area contributed by atoms with E-state index in [-0.39, 0.29) is 0 Å². The molecule has 0 aliphatic heterocycles. The van der Waals surface area contributed by atoms with E-state index in [1.165, 1.54) is 114 Å². The van der Waals surface area contributed by atoms with Crippen molar-refractivity contribution in [2.75, 3.05) is 0 Å². The average molecular weight is 403 g/mol. The van der Waals surface area contributed by atoms with E-state index in [0.717, 1.165) is 0 Å². The van der Waals surface area contributed by atoms with Crippen LogP contribution in [-0.2, 0) is 6.54 Å². The molecule has 0 aromatic carbocycles. The Bertz CT molecular complexity index is 477. The number of hydrogen-bond acceptors (Lipinski definition) is 0. The van der Waals surface area contributed by atoms with Crippen LogP contribution in [-0.4, -0.2) is 0 Å². The molecule has 0 N–H and O–H groups in total. The molecule has 0 spiro atoms. The Kier molecular flexibility index (Phi) is 15.3. The van der Waals surface area contributed by atoms with Crippen molar-refractivity contribution in [3.63, 3.8) is 0 Å². The van der Waals surface area contributed by atoms with Gasteiger partial charge in [-0.25, -0.2) is 4.57 Å². The minimum absolute atomic E-state index is 0.612. The minimum atomic E-state index is 0.612. The monoisotopic (exact) mass is 402 g/mol. The molecular formula is C28H52N+. The highest BCUT2D eigenvalue weighted by Gasteiger charge is 2.12. The van der Waals surface area contributed by atoms with E-state index in [2.05, 4.69) is 57.6 Å². The lowest BCUT2D eigenvalue weighted by molar-refractivity contribution is -0.698. The summed E-state index contributed by atoms with van der Waals surface area (Å²) in [5, 5.41) is 0. The summed E-state index contributed by atoms with van der Waals surface area (Å²) in [4.78, 5) is 0. The molecule has 0 aliphatic rings. The number of nitrogens with zero attached hydrogens (tertiary/aromatic N) is 1. The van der Waals surface area contributed by atoms with Gasteiger partial charge in [0, 0.05) is 17.5 Å². The van der Waals surface area contributed by atoms with Crippen LogP contribution in [0.2, 0.25) is 0 Å². The Balaban J connectivity index is 2.02. The lowest BCUT2D eigenvalue weighted by Crippen LogP contribution is -2.34. The van der Waals surface area contributed by atoms with E-state index in [4.69, 9.17) is 0 Å². The van der Waals surface area contributed by atoms with E-state index >= 15 is 0 Å². The molecule has 1 heterocycles. The van der Waals surface area contributed by atoms with E-state index in [0.29, 0.717) is 11.8 Å². The molecule has 1 nitrogen and oxygen atoms in total. The largest absolute Gasteiger partial charge is 0.205 e. The summed E-state index contributed by atoms with van der Waals surface area (Å²) in [6.07, 6.45) is 26.3. The first-order chi connectivity index (χ1) is 14.0. The molecule has 1 aromatic rings. The highest BCUT2D eigenvalue weighted by atomic mass is 14.9. The van der Waals surface area contributed by atoms with Crippen LogP contribution in [0.1, 0.15) is 154 Å². The van der Waals surface area contributed by atoms with Crippen LogP contribution in [0.4, 0.5) is 0 Å². The average Bonchev–Trinajstić information content (AvgIpc) is 2.70. The molecule has 0 amide bonds. The summed E-state index contributed by atoms with van der Waals surface area (Å²) in [6, 6.07) is 2.40. The third-order valence-corrected chi connectivity index (χ3v) is 6.32. The first-order valence-electron chi connectivity index (χ1n) is 13.1. The third kappa shape index (κ3) is 13.1. The van der Waals surface area contributed by atoms with Crippen LogP contribution < -0.4 is 4.57 Å². The third-order valence-electron chi connectivity index (χ3n) is 6.32. The highest BCUT2D eigenvalue weighted by molar-refractivity contribution is 5.20. The quantitative estimate of drug-likeness (QED) is 0.170. The molecule has 0 unspecified atom stereocenters. The molecule has 0 radical (unpaired) electrons. The van der Waals surface area contributed by atoms with Crippen LogP contribution in [0.5, 0.6) is 0 Å². The Morgan fingerprint density at radius 1 is 0.552 bits per heavy atom. The lowest BCUT2D eigenvalue weighted by Gasteiger charge is -2.10. The van der Waals surface area contributed by atoms with Gasteiger partial charge in [-0.2, -0.15) is 0 Å². The fraction of sp³-hybridized carbons (Fsp3) is 0.821. The number of aryl methyl sites for hydroxylation is 1. The molecule has 0 saturated carbocycles. The standard InChI is InChI=1S/C28H52N/c1-6-7-8-9-10-11-12-13-14-15-16-17-18-19-20-21-29-23-27(25(2)3)22-28(24-29)26(4)5/h22-26H,6-21H2,1-5H3/q+1. The van der Waals surface area contributed by atoms with Gasteiger partial charge >= 0.3 is 0 Å². The fourth-order valence-corrected chi connectivity index (χ4v) is 4.11. The molecule has 29 heavy (non-hydrogen) atoms. The zero-order chi connectivity index (χ0) is 21.3. The van der Waals surface area contributed by atoms with E-state index < -0.39 is 0 Å². The molecule has 0 fully saturated rings. The normalized spacial score (nSPS) is 11.7. The highest BCUT2D eigenvalue weighted by Crippen LogP contribution is 2.19. The Labute approximate surface area is 183 Å². The zero-order valence-corrected chi connectivity index (χ0v) is 20.6. The lowest BCUT2D eigenvalue weighted by atomic mass is 9.98. The van der Waals surface area contributed by atoms with E-state index in [1.54, 1.807) is 0 Å². The van der Waals surface area contributed by atoms with Crippen LogP contribution in [0, 0.1) is 0 Å². The number of rotatable bonds is 18. The second kappa shape index (κ2) is 16.9. The topological polar surface area (TPSA) is 3.88 Å². The Morgan fingerprint density at radius 2 is 0.897 bits per heavy atom. The maximum absolute atomic E-state index is 2.45. The molecule has 0 atom stereocenters. The predicted molar refractivity (Wildman–Crippen MR) is 130 cm³/mol. The van der Waals surface area contributed by atoms with Crippen LogP contribution >= 0.6 is 0 Å². The summed E-state index contributed by atoms with van der Waals surface area (Å²) in [5.41, 5.74) is 2.97. The molecule has 1 rings (SSSR count). The summed E-state index contributed by atoms with van der Waals surface area (Å²) >= 11 is 0. The van der Waals surface area contributed by atoms with Gasteiger partial charge in [0.2, 0.25) is 0 Å². The molecule has 1 heteroatoms. The summed E-state index contributed by atoms with van der Waals surface area (Å²) in [7, 11) is 0. The maximum atomic E-state index is 2.45. The van der Waals surface area contributed by atoms with Gasteiger partial charge in [0.15, 0.2) is 12.4 Å². The smallest absolute Gasteiger partial charge is 0.172 e. The molecule has 1 aromatic heterocycles. The van der Waals surface area contributed by atoms with E-state index in [9.17, 15) is 0 Å². The summed E-state index contributed by atoms with van der Waals surface area (Å²) in [5.74, 6) is 1.22. The van der Waals surface area contributed by atoms with Crippen molar-refractivity contribution < 1.29 is 4.57 Å². The van der Waals surface area contributed by atoms with Gasteiger partial charge in [-0.3, -0.25) is 0 Å². The Morgan fingerprint density at radius 3 is 1.24 bits per heavy atom. The van der Waals surface area contributed by atoms with Crippen molar-refractivity contribution in [3.05, 3.63) is 29.6 Å². The maximum Gasteiger partial charge on any atom is 0.172 e. The number of hydrogen-bond donors (Lipinski definition) is 0. The van der Waals surface area contributed by atoms with Crippen molar-refractivity contribution in [2.45, 2.75) is 149 Å². The zero-order valence-electron chi connectivity index (χ0n) is 20.6. The summed E-state index contributed by atoms with van der Waals surface area (Å²) in [6.45, 7) is 12.7. The SMILES string of the molecule is CCCCCCCCCCCCCCCCC[n+]1cc(C(C)C)cc(C(C)C)c1. The fourth-order valence-electron chi connectivity index (χ4n) is 4.11. The number of aromatic nitrogens is 1. The van der Waals surface area contributed by atoms with Gasteiger partial charge in [0.05, 0.1) is 0 Å². The van der Waals surface area contributed by atoms with Crippen molar-refractivity contribution in [2.24, 2.45) is 0 Å². The molecular weight excluding hydrogens is 350 g/mol. The van der Waals surface area contributed by atoms with Crippen molar-refractivity contribution in [1.82, 2.24) is 0 Å². The first-order valence-corrected chi connectivity index (χ1v) is 13.1.